The maximum atomic E-state index is 14.9. The van der Waals surface area contributed by atoms with Crippen LogP contribution in [0.2, 0.25) is 0 Å². The van der Waals surface area contributed by atoms with Gasteiger partial charge in [0.05, 0.1) is 13.2 Å². The van der Waals surface area contributed by atoms with E-state index in [1.165, 1.54) is 12.8 Å². The van der Waals surface area contributed by atoms with Crippen LogP contribution >= 0.6 is 0 Å². The Balaban J connectivity index is 1.81. The van der Waals surface area contributed by atoms with Gasteiger partial charge in [-0.2, -0.15) is 0 Å². The standard InChI is InChI=1S/C24H29FO2/c1-3-5-7-8-16-27-23-14-13-21-20-12-10-19(26-15-6-4-2)17-18(20)9-11-22(21)24(23)25/h9-14,17H,3-8,15-16H2,1-2H3. The number of unbranched alkanes of at least 4 members (excludes halogenated alkanes) is 4. The third-order valence-corrected chi connectivity index (χ3v) is 4.91. The van der Waals surface area contributed by atoms with Gasteiger partial charge in [-0.15, -0.1) is 0 Å². The average molecular weight is 368 g/mol. The van der Waals surface area contributed by atoms with Crippen LogP contribution in [0, 0.1) is 5.82 Å². The van der Waals surface area contributed by atoms with E-state index in [9.17, 15) is 4.39 Å². The SMILES string of the molecule is CCCCCCOc1ccc2c(ccc3cc(OCCCC)ccc32)c1F. The van der Waals surface area contributed by atoms with Crippen LogP contribution in [0.3, 0.4) is 0 Å². The molecule has 0 N–H and O–H groups in total. The van der Waals surface area contributed by atoms with Crippen LogP contribution < -0.4 is 9.47 Å². The van der Waals surface area contributed by atoms with Gasteiger partial charge in [0.2, 0.25) is 0 Å². The molecule has 0 saturated heterocycles. The summed E-state index contributed by atoms with van der Waals surface area (Å²) in [6.45, 7) is 5.61. The van der Waals surface area contributed by atoms with E-state index in [1.54, 1.807) is 6.07 Å². The van der Waals surface area contributed by atoms with Gasteiger partial charge < -0.3 is 9.47 Å². The van der Waals surface area contributed by atoms with Gasteiger partial charge in [0.1, 0.15) is 5.75 Å². The molecule has 144 valence electrons. The highest BCUT2D eigenvalue weighted by Gasteiger charge is 2.11. The van der Waals surface area contributed by atoms with Gasteiger partial charge in [-0.25, -0.2) is 4.39 Å². The minimum atomic E-state index is -0.270. The number of hydrogen-bond acceptors (Lipinski definition) is 2. The zero-order chi connectivity index (χ0) is 19.1. The average Bonchev–Trinajstić information content (AvgIpc) is 2.69. The first kappa shape index (κ1) is 19.5. The molecule has 3 heteroatoms. The molecule has 2 nitrogen and oxygen atoms in total. The Bertz CT molecular complexity index is 888. The molecule has 0 aromatic heterocycles. The number of halogens is 1. The summed E-state index contributed by atoms with van der Waals surface area (Å²) in [5, 5.41) is 3.60. The van der Waals surface area contributed by atoms with Crippen LogP contribution in [0.5, 0.6) is 11.5 Å². The van der Waals surface area contributed by atoms with Crippen LogP contribution in [0.4, 0.5) is 4.39 Å². The first-order valence-corrected chi connectivity index (χ1v) is 10.1. The van der Waals surface area contributed by atoms with Crippen LogP contribution in [0.25, 0.3) is 21.5 Å². The number of rotatable bonds is 10. The van der Waals surface area contributed by atoms with Crippen molar-refractivity contribution in [2.24, 2.45) is 0 Å². The lowest BCUT2D eigenvalue weighted by Gasteiger charge is -2.12. The number of benzene rings is 3. The number of hydrogen-bond donors (Lipinski definition) is 0. The minimum absolute atomic E-state index is 0.270. The summed E-state index contributed by atoms with van der Waals surface area (Å²) in [6.07, 6.45) is 6.62. The van der Waals surface area contributed by atoms with Crippen molar-refractivity contribution in [2.45, 2.75) is 52.4 Å². The molecule has 0 spiro atoms. The van der Waals surface area contributed by atoms with Crippen LogP contribution in [-0.2, 0) is 0 Å². The lowest BCUT2D eigenvalue weighted by molar-refractivity contribution is 0.292. The first-order chi connectivity index (χ1) is 13.2. The molecule has 0 aliphatic rings. The predicted octanol–water partition coefficient (Wildman–Crippen LogP) is 7.27. The van der Waals surface area contributed by atoms with Gasteiger partial charge in [-0.1, -0.05) is 57.7 Å². The van der Waals surface area contributed by atoms with Gasteiger partial charge >= 0.3 is 0 Å². The van der Waals surface area contributed by atoms with Crippen molar-refractivity contribution in [3.63, 3.8) is 0 Å². The molecule has 0 bridgehead atoms. The summed E-state index contributed by atoms with van der Waals surface area (Å²) >= 11 is 0. The maximum absolute atomic E-state index is 14.9. The Kier molecular flexibility index (Phi) is 6.92. The fraction of sp³-hybridized carbons (Fsp3) is 0.417. The van der Waals surface area contributed by atoms with E-state index < -0.39 is 0 Å². The molecule has 0 radical (unpaired) electrons. The van der Waals surface area contributed by atoms with Crippen molar-refractivity contribution < 1.29 is 13.9 Å². The Morgan fingerprint density at radius 1 is 0.704 bits per heavy atom. The fourth-order valence-electron chi connectivity index (χ4n) is 3.31. The molecule has 0 fully saturated rings. The molecule has 0 saturated carbocycles. The zero-order valence-electron chi connectivity index (χ0n) is 16.4. The minimum Gasteiger partial charge on any atom is -0.494 e. The van der Waals surface area contributed by atoms with Crippen molar-refractivity contribution in [2.75, 3.05) is 13.2 Å². The van der Waals surface area contributed by atoms with Gasteiger partial charge in [-0.3, -0.25) is 0 Å². The third kappa shape index (κ3) is 4.71. The molecular formula is C24H29FO2. The second-order valence-electron chi connectivity index (χ2n) is 7.03. The normalized spacial score (nSPS) is 11.2. The van der Waals surface area contributed by atoms with Crippen molar-refractivity contribution in [3.8, 4) is 11.5 Å². The molecule has 0 aliphatic heterocycles. The molecular weight excluding hydrogens is 339 g/mol. The van der Waals surface area contributed by atoms with Gasteiger partial charge in [0.25, 0.3) is 0 Å². The molecule has 27 heavy (non-hydrogen) atoms. The van der Waals surface area contributed by atoms with Gasteiger partial charge in [-0.05, 0) is 53.3 Å². The highest BCUT2D eigenvalue weighted by molar-refractivity contribution is 6.08. The highest BCUT2D eigenvalue weighted by Crippen LogP contribution is 2.33. The quantitative estimate of drug-likeness (QED) is 0.277. The summed E-state index contributed by atoms with van der Waals surface area (Å²) in [5.74, 6) is 0.939. The third-order valence-electron chi connectivity index (χ3n) is 4.91. The van der Waals surface area contributed by atoms with Crippen molar-refractivity contribution in [3.05, 3.63) is 48.3 Å². The van der Waals surface area contributed by atoms with E-state index >= 15 is 0 Å². The van der Waals surface area contributed by atoms with Crippen LogP contribution in [0.15, 0.2) is 42.5 Å². The smallest absolute Gasteiger partial charge is 0.172 e. The summed E-state index contributed by atoms with van der Waals surface area (Å²) in [5.41, 5.74) is 0. The summed E-state index contributed by atoms with van der Waals surface area (Å²) < 4.78 is 26.4. The second-order valence-corrected chi connectivity index (χ2v) is 7.03. The van der Waals surface area contributed by atoms with Gasteiger partial charge in [0.15, 0.2) is 11.6 Å². The van der Waals surface area contributed by atoms with Crippen molar-refractivity contribution in [1.82, 2.24) is 0 Å². The van der Waals surface area contributed by atoms with E-state index in [0.717, 1.165) is 54.2 Å². The summed E-state index contributed by atoms with van der Waals surface area (Å²) in [7, 11) is 0. The lowest BCUT2D eigenvalue weighted by Crippen LogP contribution is -2.00. The molecule has 0 unspecified atom stereocenters. The van der Waals surface area contributed by atoms with E-state index in [4.69, 9.17) is 9.47 Å². The maximum Gasteiger partial charge on any atom is 0.172 e. The Morgan fingerprint density at radius 2 is 1.44 bits per heavy atom. The highest BCUT2D eigenvalue weighted by atomic mass is 19.1. The second kappa shape index (κ2) is 9.59. The molecule has 0 amide bonds. The molecule has 0 heterocycles. The molecule has 3 aromatic carbocycles. The van der Waals surface area contributed by atoms with Crippen molar-refractivity contribution in [1.29, 1.82) is 0 Å². The van der Waals surface area contributed by atoms with E-state index in [0.29, 0.717) is 17.7 Å². The van der Waals surface area contributed by atoms with Crippen molar-refractivity contribution >= 4 is 21.5 Å². The van der Waals surface area contributed by atoms with Gasteiger partial charge in [0, 0.05) is 5.39 Å². The zero-order valence-corrected chi connectivity index (χ0v) is 16.4. The van der Waals surface area contributed by atoms with Crippen LogP contribution in [-0.4, -0.2) is 13.2 Å². The number of fused-ring (bicyclic) bond motifs is 3. The molecule has 0 atom stereocenters. The van der Waals surface area contributed by atoms with E-state index in [1.807, 2.05) is 36.4 Å². The lowest BCUT2D eigenvalue weighted by atomic mass is 10.0. The summed E-state index contributed by atoms with van der Waals surface area (Å²) in [4.78, 5) is 0. The Labute approximate surface area is 161 Å². The summed E-state index contributed by atoms with van der Waals surface area (Å²) in [6, 6.07) is 13.5. The molecule has 3 rings (SSSR count). The Hall–Kier alpha value is -2.29. The Morgan fingerprint density at radius 3 is 2.26 bits per heavy atom. The van der Waals surface area contributed by atoms with E-state index in [-0.39, 0.29) is 5.82 Å². The topological polar surface area (TPSA) is 18.5 Å². The number of ether oxygens (including phenoxy) is 2. The fourth-order valence-corrected chi connectivity index (χ4v) is 3.31. The monoisotopic (exact) mass is 368 g/mol. The molecule has 0 aliphatic carbocycles. The largest absolute Gasteiger partial charge is 0.494 e. The molecule has 3 aromatic rings. The van der Waals surface area contributed by atoms with Crippen LogP contribution in [0.1, 0.15) is 52.4 Å². The predicted molar refractivity (Wildman–Crippen MR) is 111 cm³/mol. The first-order valence-electron chi connectivity index (χ1n) is 10.1. The van der Waals surface area contributed by atoms with E-state index in [2.05, 4.69) is 13.8 Å².